The molecule has 228 valence electrons. The van der Waals surface area contributed by atoms with E-state index >= 15 is 0 Å². The van der Waals surface area contributed by atoms with E-state index in [1.54, 1.807) is 30.5 Å². The van der Waals surface area contributed by atoms with Gasteiger partial charge < -0.3 is 10.6 Å². The van der Waals surface area contributed by atoms with Crippen LogP contribution in [0, 0.1) is 28.1 Å². The highest BCUT2D eigenvalue weighted by Gasteiger charge is 2.66. The van der Waals surface area contributed by atoms with Gasteiger partial charge >= 0.3 is 6.18 Å². The maximum absolute atomic E-state index is 14.0. The maximum Gasteiger partial charge on any atom is 0.413 e. The lowest BCUT2D eigenvalue weighted by Crippen LogP contribution is -2.35. The summed E-state index contributed by atoms with van der Waals surface area (Å²) >= 11 is 6.74. The zero-order valence-electron chi connectivity index (χ0n) is 24.5. The van der Waals surface area contributed by atoms with Crippen LogP contribution in [0.1, 0.15) is 62.2 Å². The summed E-state index contributed by atoms with van der Waals surface area (Å²) in [5.74, 6) is 0. The summed E-state index contributed by atoms with van der Waals surface area (Å²) < 4.78 is 42.9. The van der Waals surface area contributed by atoms with Crippen LogP contribution in [-0.4, -0.2) is 37.7 Å². The number of nitriles is 2. The van der Waals surface area contributed by atoms with Gasteiger partial charge in [0.05, 0.1) is 34.0 Å². The molecule has 1 aliphatic rings. The van der Waals surface area contributed by atoms with E-state index in [9.17, 15) is 23.7 Å². The molecular formula is C32H27ClF3N9. The van der Waals surface area contributed by atoms with Gasteiger partial charge in [-0.1, -0.05) is 55.8 Å². The summed E-state index contributed by atoms with van der Waals surface area (Å²) in [4.78, 5) is 8.59. The first-order valence-electron chi connectivity index (χ1n) is 14.1. The zero-order chi connectivity index (χ0) is 32.1. The van der Waals surface area contributed by atoms with Crippen molar-refractivity contribution in [2.45, 2.75) is 51.4 Å². The molecule has 2 aromatic carbocycles. The van der Waals surface area contributed by atoms with Crippen LogP contribution in [-0.2, 0) is 5.54 Å². The lowest BCUT2D eigenvalue weighted by atomic mass is 9.96. The van der Waals surface area contributed by atoms with E-state index in [1.807, 2.05) is 18.2 Å². The third-order valence-corrected chi connectivity index (χ3v) is 8.16. The number of fused-ring (bicyclic) bond motifs is 2. The monoisotopic (exact) mass is 629 g/mol. The standard InChI is InChI=1S/C32H27ClF3N9/c1-30(2,3)17-41-27-19(12-37)15-40-28-24(27)9-20(11-25(28)33)42-29(22-6-4-5-18-14-39-21(13-38)10-23(18)22)26-16-45(44-43-26)31(7-8-31)32(34,35)36/h4-6,9-11,14-16,29,42H,7-8,17H2,1-3H3,(H,40,41). The average Bonchev–Trinajstić information content (AvgIpc) is 3.69. The molecule has 0 bridgehead atoms. The van der Waals surface area contributed by atoms with E-state index in [4.69, 9.17) is 11.6 Å². The number of benzene rings is 2. The number of hydrogen-bond donors (Lipinski definition) is 2. The van der Waals surface area contributed by atoms with Crippen LogP contribution in [0.2, 0.25) is 5.02 Å². The van der Waals surface area contributed by atoms with Crippen molar-refractivity contribution in [2.75, 3.05) is 17.2 Å². The highest BCUT2D eigenvalue weighted by atomic mass is 35.5. The number of halogens is 4. The molecule has 0 radical (unpaired) electrons. The Morgan fingerprint density at radius 3 is 2.49 bits per heavy atom. The van der Waals surface area contributed by atoms with Gasteiger partial charge in [-0.15, -0.1) is 5.10 Å². The molecule has 0 saturated heterocycles. The van der Waals surface area contributed by atoms with Gasteiger partial charge in [0, 0.05) is 35.4 Å². The summed E-state index contributed by atoms with van der Waals surface area (Å²) in [7, 11) is 0. The number of nitrogens with one attached hydrogen (secondary N) is 2. The molecule has 1 saturated carbocycles. The molecule has 3 heterocycles. The smallest absolute Gasteiger partial charge is 0.383 e. The zero-order valence-corrected chi connectivity index (χ0v) is 25.3. The van der Waals surface area contributed by atoms with Crippen LogP contribution < -0.4 is 10.6 Å². The Hall–Kier alpha value is -4.94. The Labute approximate surface area is 261 Å². The van der Waals surface area contributed by atoms with Gasteiger partial charge in [0.15, 0.2) is 5.54 Å². The first kappa shape index (κ1) is 30.1. The van der Waals surface area contributed by atoms with Crippen molar-refractivity contribution in [1.29, 1.82) is 10.5 Å². The molecule has 9 nitrogen and oxygen atoms in total. The summed E-state index contributed by atoms with van der Waals surface area (Å²) in [6.45, 7) is 6.76. The second kappa shape index (κ2) is 10.9. The van der Waals surface area contributed by atoms with E-state index < -0.39 is 17.8 Å². The Morgan fingerprint density at radius 1 is 1.04 bits per heavy atom. The highest BCUT2D eigenvalue weighted by molar-refractivity contribution is 6.35. The quantitative estimate of drug-likeness (QED) is 0.190. The molecular weight excluding hydrogens is 603 g/mol. The normalized spacial score (nSPS) is 15.0. The van der Waals surface area contributed by atoms with Crippen molar-refractivity contribution < 1.29 is 13.2 Å². The summed E-state index contributed by atoms with van der Waals surface area (Å²) in [6, 6.07) is 14.0. The molecule has 45 heavy (non-hydrogen) atoms. The third kappa shape index (κ3) is 5.58. The van der Waals surface area contributed by atoms with Crippen molar-refractivity contribution in [2.24, 2.45) is 5.41 Å². The number of anilines is 2. The first-order valence-corrected chi connectivity index (χ1v) is 14.5. The average molecular weight is 630 g/mol. The second-order valence-corrected chi connectivity index (χ2v) is 12.8. The van der Waals surface area contributed by atoms with Crippen LogP contribution in [0.25, 0.3) is 21.7 Å². The molecule has 6 rings (SSSR count). The second-order valence-electron chi connectivity index (χ2n) is 12.4. The van der Waals surface area contributed by atoms with E-state index in [-0.39, 0.29) is 29.6 Å². The van der Waals surface area contributed by atoms with E-state index in [1.165, 1.54) is 12.4 Å². The van der Waals surface area contributed by atoms with Gasteiger partial charge in [-0.2, -0.15) is 23.7 Å². The summed E-state index contributed by atoms with van der Waals surface area (Å²) in [5, 5.41) is 36.6. The number of aromatic nitrogens is 5. The topological polar surface area (TPSA) is 128 Å². The van der Waals surface area contributed by atoms with Gasteiger partial charge in [0.25, 0.3) is 0 Å². The Morgan fingerprint density at radius 2 is 1.82 bits per heavy atom. The third-order valence-electron chi connectivity index (χ3n) is 7.87. The lowest BCUT2D eigenvalue weighted by Gasteiger charge is -2.23. The minimum absolute atomic E-state index is 0.0816. The van der Waals surface area contributed by atoms with Crippen LogP contribution >= 0.6 is 11.6 Å². The fourth-order valence-electron chi connectivity index (χ4n) is 5.34. The van der Waals surface area contributed by atoms with Gasteiger partial charge in [-0.3, -0.25) is 4.98 Å². The van der Waals surface area contributed by atoms with Gasteiger partial charge in [0.2, 0.25) is 0 Å². The van der Waals surface area contributed by atoms with Crippen LogP contribution in [0.4, 0.5) is 24.5 Å². The molecule has 0 amide bonds. The van der Waals surface area contributed by atoms with Crippen LogP contribution in [0.15, 0.2) is 55.0 Å². The predicted octanol–water partition coefficient (Wildman–Crippen LogP) is 7.48. The fourth-order valence-corrected chi connectivity index (χ4v) is 5.60. The molecule has 0 spiro atoms. The number of rotatable bonds is 7. The lowest BCUT2D eigenvalue weighted by molar-refractivity contribution is -0.182. The SMILES string of the molecule is CC(C)(C)CNc1c(C#N)cnc2c(Cl)cc(NC(c3cn(C4(C(F)(F)F)CC4)nn3)c3cccc4cnc(C#N)cc34)cc12. The van der Waals surface area contributed by atoms with E-state index in [2.05, 4.69) is 57.8 Å². The Kier molecular flexibility index (Phi) is 7.29. The molecule has 2 N–H and O–H groups in total. The number of alkyl halides is 3. The van der Waals surface area contributed by atoms with Crippen LogP contribution in [0.3, 0.4) is 0 Å². The van der Waals surface area contributed by atoms with E-state index in [0.29, 0.717) is 50.4 Å². The molecule has 1 fully saturated rings. The van der Waals surface area contributed by atoms with Crippen LogP contribution in [0.5, 0.6) is 0 Å². The van der Waals surface area contributed by atoms with Gasteiger partial charge in [-0.25, -0.2) is 9.67 Å². The Bertz CT molecular complexity index is 2030. The number of nitrogens with zero attached hydrogens (tertiary/aromatic N) is 7. The van der Waals surface area contributed by atoms with Crippen molar-refractivity contribution in [3.63, 3.8) is 0 Å². The molecule has 1 aliphatic carbocycles. The molecule has 1 unspecified atom stereocenters. The maximum atomic E-state index is 14.0. The first-order chi connectivity index (χ1) is 21.3. The highest BCUT2D eigenvalue weighted by Crippen LogP contribution is 2.55. The van der Waals surface area contributed by atoms with Crippen molar-refractivity contribution in [1.82, 2.24) is 25.0 Å². The molecule has 1 atom stereocenters. The predicted molar refractivity (Wildman–Crippen MR) is 165 cm³/mol. The molecule has 3 aromatic heterocycles. The summed E-state index contributed by atoms with van der Waals surface area (Å²) in [5.41, 5.74) is 0.777. The van der Waals surface area contributed by atoms with Crippen molar-refractivity contribution in [3.05, 3.63) is 82.5 Å². The van der Waals surface area contributed by atoms with Gasteiger partial charge in [-0.05, 0) is 47.4 Å². The van der Waals surface area contributed by atoms with Crippen molar-refractivity contribution in [3.8, 4) is 12.1 Å². The largest absolute Gasteiger partial charge is 0.413 e. The molecule has 5 aromatic rings. The molecule has 13 heteroatoms. The number of hydrogen-bond acceptors (Lipinski definition) is 8. The van der Waals surface area contributed by atoms with Gasteiger partial charge in [0.1, 0.15) is 23.5 Å². The fraction of sp³-hybridized carbons (Fsp3) is 0.312. The molecule has 0 aliphatic heterocycles. The van der Waals surface area contributed by atoms with E-state index in [0.717, 1.165) is 10.1 Å². The minimum atomic E-state index is -4.48. The summed E-state index contributed by atoms with van der Waals surface area (Å²) in [6.07, 6.45) is -0.287. The number of pyridine rings is 2. The Balaban J connectivity index is 1.51. The minimum Gasteiger partial charge on any atom is -0.383 e. The van der Waals surface area contributed by atoms with Crippen molar-refractivity contribution >= 4 is 44.7 Å².